The number of carbonyl (C=O) groups is 2. The van der Waals surface area contributed by atoms with Crippen molar-refractivity contribution in [3.8, 4) is 11.5 Å². The first-order valence-electron chi connectivity index (χ1n) is 9.44. The van der Waals surface area contributed by atoms with Crippen LogP contribution in [0.3, 0.4) is 0 Å². The smallest absolute Gasteiger partial charge is 0.379 e. The maximum absolute atomic E-state index is 12.7. The molecule has 5 nitrogen and oxygen atoms in total. The quantitative estimate of drug-likeness (QED) is 0.200. The topological polar surface area (TPSA) is 65.7 Å². The second-order valence-electron chi connectivity index (χ2n) is 7.16. The molecule has 0 radical (unpaired) electrons. The minimum Gasteiger partial charge on any atom is -0.452 e. The van der Waals surface area contributed by atoms with Gasteiger partial charge >= 0.3 is 5.97 Å². The molecule has 31 heavy (non-hydrogen) atoms. The normalized spacial score (nSPS) is 14.2. The third kappa shape index (κ3) is 3.44. The number of halogens is 1. The third-order valence-corrected chi connectivity index (χ3v) is 6.28. The second kappa shape index (κ2) is 7.41. The number of rotatable bonds is 3. The number of hydrogen-bond donors (Lipinski definition) is 0. The Labute approximate surface area is 186 Å². The molecule has 2 aromatic heterocycles. The summed E-state index contributed by atoms with van der Waals surface area (Å²) in [6.45, 7) is 3.72. The van der Waals surface area contributed by atoms with Gasteiger partial charge < -0.3 is 13.9 Å². The molecule has 2 aromatic carbocycles. The van der Waals surface area contributed by atoms with Gasteiger partial charge in [0.15, 0.2) is 5.76 Å². The van der Waals surface area contributed by atoms with Gasteiger partial charge in [-0.3, -0.25) is 4.79 Å². The Bertz CT molecular complexity index is 1410. The molecule has 1 aliphatic rings. The average Bonchev–Trinajstić information content (AvgIpc) is 3.43. The molecular weight excluding hydrogens is 436 g/mol. The summed E-state index contributed by atoms with van der Waals surface area (Å²) in [5.74, 6) is 0.155. The van der Waals surface area contributed by atoms with E-state index in [-0.39, 0.29) is 17.3 Å². The molecule has 4 aromatic rings. The zero-order valence-electron chi connectivity index (χ0n) is 16.5. The Morgan fingerprint density at radius 3 is 2.74 bits per heavy atom. The van der Waals surface area contributed by atoms with Crippen LogP contribution >= 0.6 is 22.9 Å². The Morgan fingerprint density at radius 1 is 1.13 bits per heavy atom. The van der Waals surface area contributed by atoms with E-state index in [1.807, 2.05) is 18.4 Å². The SMILES string of the molecule is Cc1ccsc1/C=C1\Oc2c(ccc(OC(=O)c3cc4cc(Cl)ccc4o3)c2C)C1=O. The Kier molecular flexibility index (Phi) is 4.68. The monoisotopic (exact) mass is 450 g/mol. The number of aryl methyl sites for hydroxylation is 1. The minimum absolute atomic E-state index is 0.0583. The molecule has 0 bridgehead atoms. The van der Waals surface area contributed by atoms with Gasteiger partial charge in [-0.15, -0.1) is 11.3 Å². The van der Waals surface area contributed by atoms with Crippen LogP contribution in [-0.2, 0) is 0 Å². The average molecular weight is 451 g/mol. The van der Waals surface area contributed by atoms with E-state index in [0.29, 0.717) is 38.6 Å². The summed E-state index contributed by atoms with van der Waals surface area (Å²) in [7, 11) is 0. The maximum atomic E-state index is 12.7. The van der Waals surface area contributed by atoms with Crippen molar-refractivity contribution in [3.63, 3.8) is 0 Å². The van der Waals surface area contributed by atoms with Gasteiger partial charge in [0.1, 0.15) is 17.1 Å². The van der Waals surface area contributed by atoms with Gasteiger partial charge in [-0.1, -0.05) is 11.6 Å². The van der Waals surface area contributed by atoms with Crippen molar-refractivity contribution < 1.29 is 23.5 Å². The van der Waals surface area contributed by atoms with Gasteiger partial charge in [-0.25, -0.2) is 4.79 Å². The number of hydrogen-bond acceptors (Lipinski definition) is 6. The lowest BCUT2D eigenvalue weighted by Gasteiger charge is -2.09. The zero-order chi connectivity index (χ0) is 21.7. The summed E-state index contributed by atoms with van der Waals surface area (Å²) >= 11 is 7.52. The largest absolute Gasteiger partial charge is 0.452 e. The molecule has 5 rings (SSSR count). The number of thiophene rings is 1. The van der Waals surface area contributed by atoms with Gasteiger partial charge in [-0.2, -0.15) is 0 Å². The molecule has 0 fully saturated rings. The second-order valence-corrected chi connectivity index (χ2v) is 8.54. The van der Waals surface area contributed by atoms with Crippen molar-refractivity contribution in [2.45, 2.75) is 13.8 Å². The predicted octanol–water partition coefficient (Wildman–Crippen LogP) is 6.60. The standard InChI is InChI=1S/C24H15ClO5S/c1-12-7-8-31-21(12)11-19-22(26)16-4-6-17(13(2)23(16)29-19)30-24(27)20-10-14-9-15(25)3-5-18(14)28-20/h3-11H,1-2H3/b19-11-. The van der Waals surface area contributed by atoms with Gasteiger partial charge in [0, 0.05) is 26.9 Å². The van der Waals surface area contributed by atoms with Crippen molar-refractivity contribution in [1.82, 2.24) is 0 Å². The molecule has 0 spiro atoms. The lowest BCUT2D eigenvalue weighted by Crippen LogP contribution is -2.08. The lowest BCUT2D eigenvalue weighted by molar-refractivity contribution is 0.0702. The summed E-state index contributed by atoms with van der Waals surface area (Å²) in [6.07, 6.45) is 1.74. The highest BCUT2D eigenvalue weighted by molar-refractivity contribution is 7.11. The lowest BCUT2D eigenvalue weighted by atomic mass is 10.1. The number of esters is 1. The fourth-order valence-electron chi connectivity index (χ4n) is 3.39. The Balaban J connectivity index is 1.43. The van der Waals surface area contributed by atoms with E-state index < -0.39 is 5.97 Å². The Hall–Kier alpha value is -3.35. The summed E-state index contributed by atoms with van der Waals surface area (Å²) in [5, 5.41) is 3.21. The molecule has 0 atom stereocenters. The molecule has 0 N–H and O–H groups in total. The maximum Gasteiger partial charge on any atom is 0.379 e. The van der Waals surface area contributed by atoms with Crippen LogP contribution in [0.5, 0.6) is 11.5 Å². The molecule has 0 aliphatic carbocycles. The molecule has 0 unspecified atom stereocenters. The van der Waals surface area contributed by atoms with E-state index in [4.69, 9.17) is 25.5 Å². The van der Waals surface area contributed by atoms with E-state index in [2.05, 4.69) is 0 Å². The summed E-state index contributed by atoms with van der Waals surface area (Å²) in [6, 6.07) is 11.8. The van der Waals surface area contributed by atoms with Gasteiger partial charge in [0.25, 0.3) is 0 Å². The summed E-state index contributed by atoms with van der Waals surface area (Å²) in [4.78, 5) is 26.3. The van der Waals surface area contributed by atoms with Crippen LogP contribution in [0, 0.1) is 13.8 Å². The van der Waals surface area contributed by atoms with Crippen LogP contribution in [0.4, 0.5) is 0 Å². The van der Waals surface area contributed by atoms with Crippen LogP contribution in [0.2, 0.25) is 5.02 Å². The van der Waals surface area contributed by atoms with Crippen molar-refractivity contribution in [2.75, 3.05) is 0 Å². The Morgan fingerprint density at radius 2 is 1.97 bits per heavy atom. The van der Waals surface area contributed by atoms with Crippen molar-refractivity contribution in [1.29, 1.82) is 0 Å². The number of carbonyl (C=O) groups excluding carboxylic acids is 2. The summed E-state index contributed by atoms with van der Waals surface area (Å²) < 4.78 is 17.0. The van der Waals surface area contributed by atoms with Crippen molar-refractivity contribution in [2.24, 2.45) is 0 Å². The van der Waals surface area contributed by atoms with Gasteiger partial charge in [0.05, 0.1) is 5.56 Å². The number of Topliss-reactive ketones (excluding diaryl/α,β-unsaturated/α-hetero) is 1. The van der Waals surface area contributed by atoms with Gasteiger partial charge in [0.2, 0.25) is 11.5 Å². The highest BCUT2D eigenvalue weighted by Crippen LogP contribution is 2.40. The fraction of sp³-hybridized carbons (Fsp3) is 0.0833. The highest BCUT2D eigenvalue weighted by atomic mass is 35.5. The van der Waals surface area contributed by atoms with Crippen molar-refractivity contribution in [3.05, 3.63) is 86.0 Å². The number of ketones is 1. The number of fused-ring (bicyclic) bond motifs is 2. The van der Waals surface area contributed by atoms with E-state index in [1.54, 1.807) is 49.4 Å². The molecule has 0 saturated heterocycles. The zero-order valence-corrected chi connectivity index (χ0v) is 18.1. The first kappa shape index (κ1) is 19.6. The van der Waals surface area contributed by atoms with Crippen LogP contribution in [-0.4, -0.2) is 11.8 Å². The van der Waals surface area contributed by atoms with Crippen LogP contribution < -0.4 is 9.47 Å². The van der Waals surface area contributed by atoms with E-state index in [0.717, 1.165) is 10.4 Å². The third-order valence-electron chi connectivity index (χ3n) is 5.08. The predicted molar refractivity (Wildman–Crippen MR) is 119 cm³/mol. The molecule has 7 heteroatoms. The minimum atomic E-state index is -0.648. The van der Waals surface area contributed by atoms with Crippen molar-refractivity contribution >= 4 is 51.7 Å². The highest BCUT2D eigenvalue weighted by Gasteiger charge is 2.31. The van der Waals surface area contributed by atoms with Crippen LogP contribution in [0.1, 0.15) is 36.9 Å². The number of allylic oxidation sites excluding steroid dienone is 1. The van der Waals surface area contributed by atoms with Crippen LogP contribution in [0.15, 0.2) is 58.0 Å². The molecule has 154 valence electrons. The van der Waals surface area contributed by atoms with E-state index in [9.17, 15) is 9.59 Å². The molecular formula is C24H15ClO5S. The molecule has 1 aliphatic heterocycles. The molecule has 0 saturated carbocycles. The fourth-order valence-corrected chi connectivity index (χ4v) is 4.42. The first-order valence-corrected chi connectivity index (χ1v) is 10.7. The molecule has 3 heterocycles. The number of ether oxygens (including phenoxy) is 2. The number of furan rings is 1. The first-order chi connectivity index (χ1) is 14.9. The van der Waals surface area contributed by atoms with E-state index in [1.165, 1.54) is 11.3 Å². The van der Waals surface area contributed by atoms with Crippen LogP contribution in [0.25, 0.3) is 17.0 Å². The molecule has 0 amide bonds. The van der Waals surface area contributed by atoms with Gasteiger partial charge in [-0.05, 0) is 67.3 Å². The van der Waals surface area contributed by atoms with E-state index >= 15 is 0 Å². The number of benzene rings is 2. The summed E-state index contributed by atoms with van der Waals surface area (Å²) in [5.41, 5.74) is 2.61.